The highest BCUT2D eigenvalue weighted by Crippen LogP contribution is 2.31. The maximum Gasteiger partial charge on any atom is 0.351 e. The van der Waals surface area contributed by atoms with Gasteiger partial charge in [0.2, 0.25) is 16.1 Å². The van der Waals surface area contributed by atoms with Crippen LogP contribution in [0.25, 0.3) is 0 Å². The third kappa shape index (κ3) is 4.36. The van der Waals surface area contributed by atoms with E-state index in [0.29, 0.717) is 43.4 Å². The van der Waals surface area contributed by atoms with E-state index >= 15 is 0 Å². The molecule has 0 N–H and O–H groups in total. The van der Waals surface area contributed by atoms with Crippen LogP contribution in [0.5, 0.6) is 11.5 Å². The maximum absolute atomic E-state index is 12.8. The van der Waals surface area contributed by atoms with Gasteiger partial charge in [0.1, 0.15) is 13.2 Å². The third-order valence-corrected chi connectivity index (χ3v) is 6.55. The van der Waals surface area contributed by atoms with Crippen LogP contribution in [0.1, 0.15) is 5.56 Å². The summed E-state index contributed by atoms with van der Waals surface area (Å²) in [6, 6.07) is 13.5. The van der Waals surface area contributed by atoms with Crippen molar-refractivity contribution in [2.24, 2.45) is 0 Å². The summed E-state index contributed by atoms with van der Waals surface area (Å²) in [5, 5.41) is 0. The number of carbonyl (C=O) groups excluding carboxylic acids is 1. The van der Waals surface area contributed by atoms with Crippen molar-refractivity contribution < 1.29 is 32.2 Å². The molecular weight excluding hydrogens is 398 g/mol. The molecule has 4 rings (SSSR count). The zero-order valence-corrected chi connectivity index (χ0v) is 16.5. The molecule has 0 bridgehead atoms. The first-order chi connectivity index (χ1) is 14.0. The highest BCUT2D eigenvalue weighted by Gasteiger charge is 2.29. The molecule has 1 atom stereocenters. The van der Waals surface area contributed by atoms with Crippen LogP contribution >= 0.6 is 0 Å². The molecular formula is C20H21NO7S. The smallest absolute Gasteiger partial charge is 0.351 e. The summed E-state index contributed by atoms with van der Waals surface area (Å²) < 4.78 is 48.6. The number of benzene rings is 2. The van der Waals surface area contributed by atoms with Gasteiger partial charge >= 0.3 is 5.97 Å². The lowest BCUT2D eigenvalue weighted by Crippen LogP contribution is -2.40. The number of hydrogen-bond donors (Lipinski definition) is 0. The van der Waals surface area contributed by atoms with Gasteiger partial charge in [0.15, 0.2) is 11.5 Å². The quantitative estimate of drug-likeness (QED) is 0.680. The SMILES string of the molecule is O=C(OCc1cccc(S(=O)(=O)N2CCOCC2)c1)[C@@H]1COc2ccccc2O1. The summed E-state index contributed by atoms with van der Waals surface area (Å²) in [5.74, 6) is 0.498. The topological polar surface area (TPSA) is 91.4 Å². The largest absolute Gasteiger partial charge is 0.485 e. The number of morpholine rings is 1. The first kappa shape index (κ1) is 19.7. The highest BCUT2D eigenvalue weighted by atomic mass is 32.2. The van der Waals surface area contributed by atoms with E-state index in [1.54, 1.807) is 30.3 Å². The fourth-order valence-electron chi connectivity index (χ4n) is 3.11. The van der Waals surface area contributed by atoms with Crippen LogP contribution in [0.2, 0.25) is 0 Å². The van der Waals surface area contributed by atoms with Crippen molar-refractivity contribution in [2.45, 2.75) is 17.6 Å². The van der Waals surface area contributed by atoms with E-state index < -0.39 is 22.1 Å². The molecule has 0 unspecified atom stereocenters. The molecule has 29 heavy (non-hydrogen) atoms. The summed E-state index contributed by atoms with van der Waals surface area (Å²) in [5.41, 5.74) is 0.574. The molecule has 0 spiro atoms. The Hall–Kier alpha value is -2.62. The Bertz CT molecular complexity index is 986. The van der Waals surface area contributed by atoms with Gasteiger partial charge in [-0.15, -0.1) is 0 Å². The zero-order chi connectivity index (χ0) is 20.3. The molecule has 9 heteroatoms. The molecule has 1 saturated heterocycles. The Morgan fingerprint density at radius 2 is 1.83 bits per heavy atom. The van der Waals surface area contributed by atoms with E-state index in [0.717, 1.165) is 0 Å². The lowest BCUT2D eigenvalue weighted by atomic mass is 10.2. The van der Waals surface area contributed by atoms with Crippen molar-refractivity contribution in [3.05, 3.63) is 54.1 Å². The number of carbonyl (C=O) groups is 1. The van der Waals surface area contributed by atoms with Gasteiger partial charge in [-0.05, 0) is 29.8 Å². The van der Waals surface area contributed by atoms with Crippen LogP contribution < -0.4 is 9.47 Å². The Labute approximate surface area is 169 Å². The van der Waals surface area contributed by atoms with Crippen molar-refractivity contribution in [3.8, 4) is 11.5 Å². The summed E-state index contributed by atoms with van der Waals surface area (Å²) in [7, 11) is -3.61. The van der Waals surface area contributed by atoms with E-state index in [1.165, 1.54) is 16.4 Å². The molecule has 2 heterocycles. The van der Waals surface area contributed by atoms with Crippen LogP contribution in [-0.2, 0) is 30.9 Å². The number of hydrogen-bond acceptors (Lipinski definition) is 7. The number of ether oxygens (including phenoxy) is 4. The second kappa shape index (κ2) is 8.40. The molecule has 8 nitrogen and oxygen atoms in total. The zero-order valence-electron chi connectivity index (χ0n) is 15.7. The number of para-hydroxylation sites is 2. The lowest BCUT2D eigenvalue weighted by molar-refractivity contribution is -0.155. The molecule has 0 radical (unpaired) electrons. The van der Waals surface area contributed by atoms with Gasteiger partial charge in [0, 0.05) is 13.1 Å². The summed E-state index contributed by atoms with van der Waals surface area (Å²) in [4.78, 5) is 12.5. The molecule has 0 saturated carbocycles. The minimum atomic E-state index is -3.61. The van der Waals surface area contributed by atoms with Crippen LogP contribution in [0.15, 0.2) is 53.4 Å². The van der Waals surface area contributed by atoms with E-state index in [4.69, 9.17) is 18.9 Å². The number of fused-ring (bicyclic) bond motifs is 1. The lowest BCUT2D eigenvalue weighted by Gasteiger charge is -2.26. The fraction of sp³-hybridized carbons (Fsp3) is 0.350. The summed E-state index contributed by atoms with van der Waals surface area (Å²) in [6.45, 7) is 1.39. The molecule has 2 aliphatic heterocycles. The molecule has 0 aliphatic carbocycles. The molecule has 0 amide bonds. The predicted molar refractivity (Wildman–Crippen MR) is 102 cm³/mol. The minimum Gasteiger partial charge on any atom is -0.485 e. The van der Waals surface area contributed by atoms with Crippen LogP contribution in [0.3, 0.4) is 0 Å². The Morgan fingerprint density at radius 3 is 2.62 bits per heavy atom. The standard InChI is InChI=1S/C20H21NO7S/c22-20(19-14-26-17-6-1-2-7-18(17)28-19)27-13-15-4-3-5-16(12-15)29(23,24)21-8-10-25-11-9-21/h1-7,12,19H,8-11,13-14H2/t19-/m0/s1. The van der Waals surface area contributed by atoms with Crippen LogP contribution in [0.4, 0.5) is 0 Å². The monoisotopic (exact) mass is 419 g/mol. The summed E-state index contributed by atoms with van der Waals surface area (Å²) in [6.07, 6.45) is -0.870. The molecule has 1 fully saturated rings. The molecule has 0 aromatic heterocycles. The molecule has 2 aromatic carbocycles. The normalized spacial score (nSPS) is 19.5. The number of rotatable bonds is 5. The molecule has 2 aliphatic rings. The van der Waals surface area contributed by atoms with Crippen molar-refractivity contribution in [3.63, 3.8) is 0 Å². The first-order valence-electron chi connectivity index (χ1n) is 9.26. The fourth-order valence-corrected chi connectivity index (χ4v) is 4.59. The van der Waals surface area contributed by atoms with Crippen LogP contribution in [-0.4, -0.2) is 57.7 Å². The van der Waals surface area contributed by atoms with Gasteiger partial charge in [0.25, 0.3) is 0 Å². The van der Waals surface area contributed by atoms with Gasteiger partial charge < -0.3 is 18.9 Å². The van der Waals surface area contributed by atoms with Crippen molar-refractivity contribution >= 4 is 16.0 Å². The number of esters is 1. The maximum atomic E-state index is 12.8. The first-order valence-corrected chi connectivity index (χ1v) is 10.7. The number of nitrogens with zero attached hydrogens (tertiary/aromatic N) is 1. The highest BCUT2D eigenvalue weighted by molar-refractivity contribution is 7.89. The van der Waals surface area contributed by atoms with Crippen molar-refractivity contribution in [2.75, 3.05) is 32.9 Å². The van der Waals surface area contributed by atoms with Crippen molar-refractivity contribution in [1.29, 1.82) is 0 Å². The molecule has 2 aromatic rings. The number of sulfonamides is 1. The average molecular weight is 419 g/mol. The molecule has 154 valence electrons. The third-order valence-electron chi connectivity index (χ3n) is 4.66. The van der Waals surface area contributed by atoms with E-state index in [-0.39, 0.29) is 18.1 Å². The Kier molecular flexibility index (Phi) is 5.70. The van der Waals surface area contributed by atoms with Gasteiger partial charge in [-0.3, -0.25) is 0 Å². The van der Waals surface area contributed by atoms with E-state index in [1.807, 2.05) is 6.07 Å². The van der Waals surface area contributed by atoms with Crippen LogP contribution in [0, 0.1) is 0 Å². The van der Waals surface area contributed by atoms with Gasteiger partial charge in [-0.1, -0.05) is 24.3 Å². The minimum absolute atomic E-state index is 0.0568. The Balaban J connectivity index is 1.39. The van der Waals surface area contributed by atoms with Crippen molar-refractivity contribution in [1.82, 2.24) is 4.31 Å². The predicted octanol–water partition coefficient (Wildman–Crippen LogP) is 1.59. The second-order valence-electron chi connectivity index (χ2n) is 6.64. The van der Waals surface area contributed by atoms with E-state index in [9.17, 15) is 13.2 Å². The van der Waals surface area contributed by atoms with Gasteiger partial charge in [-0.25, -0.2) is 13.2 Å². The summed E-state index contributed by atoms with van der Waals surface area (Å²) >= 11 is 0. The van der Waals surface area contributed by atoms with Gasteiger partial charge in [0.05, 0.1) is 18.1 Å². The average Bonchev–Trinajstić information content (AvgIpc) is 2.78. The van der Waals surface area contributed by atoms with Gasteiger partial charge in [-0.2, -0.15) is 4.31 Å². The van der Waals surface area contributed by atoms with E-state index in [2.05, 4.69) is 0 Å². The second-order valence-corrected chi connectivity index (χ2v) is 8.57. The Morgan fingerprint density at radius 1 is 1.07 bits per heavy atom.